The van der Waals surface area contributed by atoms with E-state index in [9.17, 15) is 14.4 Å². The largest absolute Gasteiger partial charge is 0.463 e. The van der Waals surface area contributed by atoms with Crippen molar-refractivity contribution in [2.75, 3.05) is 20.2 Å². The predicted octanol–water partition coefficient (Wildman–Crippen LogP) is 4.70. The van der Waals surface area contributed by atoms with Gasteiger partial charge in [-0.05, 0) is 57.4 Å². The van der Waals surface area contributed by atoms with Crippen molar-refractivity contribution in [1.82, 2.24) is 15.1 Å². The van der Waals surface area contributed by atoms with Gasteiger partial charge in [-0.2, -0.15) is 0 Å². The average molecular weight is 506 g/mol. The first kappa shape index (κ1) is 30.3. The van der Waals surface area contributed by atoms with Crippen LogP contribution in [0.15, 0.2) is 11.6 Å². The van der Waals surface area contributed by atoms with Crippen LogP contribution in [-0.4, -0.2) is 72.0 Å². The van der Waals surface area contributed by atoms with Crippen molar-refractivity contribution in [3.05, 3.63) is 11.6 Å². The maximum absolute atomic E-state index is 13.9. The first-order valence-electron chi connectivity index (χ1n) is 14.1. The highest BCUT2D eigenvalue weighted by Crippen LogP contribution is 2.30. The van der Waals surface area contributed by atoms with Crippen LogP contribution < -0.4 is 5.32 Å². The predicted molar refractivity (Wildman–Crippen MR) is 144 cm³/mol. The van der Waals surface area contributed by atoms with E-state index in [1.807, 2.05) is 40.7 Å². The molecule has 2 aliphatic rings. The number of likely N-dealkylation sites (tertiary alicyclic amines) is 1. The van der Waals surface area contributed by atoms with Crippen LogP contribution in [0, 0.1) is 11.3 Å². The maximum atomic E-state index is 13.9. The van der Waals surface area contributed by atoms with Crippen LogP contribution in [0.5, 0.6) is 0 Å². The normalized spacial score (nSPS) is 22.1. The molecule has 36 heavy (non-hydrogen) atoms. The van der Waals surface area contributed by atoms with Crippen molar-refractivity contribution >= 4 is 17.8 Å². The number of piperidine rings is 1. The number of nitrogens with one attached hydrogen (secondary N) is 1. The standard InChI is InChI=1S/C29H51N3O4/c1-9-36-28(35)21(4)19-24(20(2)3)31(8)27(34)25(29(5,6)7)30-26(33)23-17-13-14-18-32(23)22-15-11-10-12-16-22/h19-20,22-25H,9-18H2,1-8H3,(H,30,33)/t23?,24-,25-/m1/s1. The average Bonchev–Trinajstić information content (AvgIpc) is 2.84. The third-order valence-electron chi connectivity index (χ3n) is 7.79. The molecule has 0 aromatic carbocycles. The molecule has 2 rings (SSSR count). The summed E-state index contributed by atoms with van der Waals surface area (Å²) < 4.78 is 5.13. The van der Waals surface area contributed by atoms with Gasteiger partial charge < -0.3 is 15.0 Å². The molecule has 0 aromatic rings. The van der Waals surface area contributed by atoms with E-state index in [2.05, 4.69) is 10.2 Å². The van der Waals surface area contributed by atoms with Gasteiger partial charge >= 0.3 is 5.97 Å². The number of esters is 1. The molecule has 1 aliphatic heterocycles. The second-order valence-electron chi connectivity index (χ2n) is 12.1. The number of rotatable bonds is 9. The summed E-state index contributed by atoms with van der Waals surface area (Å²) in [5, 5.41) is 3.18. The molecule has 1 saturated heterocycles. The number of amides is 2. The molecule has 3 atom stereocenters. The molecular weight excluding hydrogens is 454 g/mol. The highest BCUT2D eigenvalue weighted by atomic mass is 16.5. The van der Waals surface area contributed by atoms with E-state index in [4.69, 9.17) is 4.74 Å². The molecule has 2 fully saturated rings. The summed E-state index contributed by atoms with van der Waals surface area (Å²) in [6.45, 7) is 14.8. The van der Waals surface area contributed by atoms with Gasteiger partial charge in [-0.25, -0.2) is 4.79 Å². The number of carbonyl (C=O) groups is 3. The van der Waals surface area contributed by atoms with Gasteiger partial charge in [0.2, 0.25) is 11.8 Å². The molecule has 1 N–H and O–H groups in total. The summed E-state index contributed by atoms with van der Waals surface area (Å²) in [7, 11) is 1.77. The van der Waals surface area contributed by atoms with Gasteiger partial charge in [-0.15, -0.1) is 0 Å². The molecule has 1 aliphatic carbocycles. The molecule has 1 unspecified atom stereocenters. The number of hydrogen-bond acceptors (Lipinski definition) is 5. The lowest BCUT2D eigenvalue weighted by Crippen LogP contribution is -2.61. The van der Waals surface area contributed by atoms with E-state index in [-0.39, 0.29) is 35.8 Å². The fraction of sp³-hybridized carbons (Fsp3) is 0.828. The first-order chi connectivity index (χ1) is 16.9. The summed E-state index contributed by atoms with van der Waals surface area (Å²) in [5.41, 5.74) is 0.0177. The number of likely N-dealkylation sites (N-methyl/N-ethyl adjacent to an activating group) is 1. The van der Waals surface area contributed by atoms with Crippen LogP contribution in [0.25, 0.3) is 0 Å². The minimum absolute atomic E-state index is 0.0266. The van der Waals surface area contributed by atoms with Crippen molar-refractivity contribution in [3.63, 3.8) is 0 Å². The maximum Gasteiger partial charge on any atom is 0.333 e. The molecule has 0 spiro atoms. The summed E-state index contributed by atoms with van der Waals surface area (Å²) in [4.78, 5) is 43.9. The van der Waals surface area contributed by atoms with Crippen molar-refractivity contribution in [2.45, 2.75) is 124 Å². The Labute approximate surface area is 219 Å². The lowest BCUT2D eigenvalue weighted by Gasteiger charge is -2.43. The molecule has 206 valence electrons. The van der Waals surface area contributed by atoms with E-state index < -0.39 is 11.5 Å². The van der Waals surface area contributed by atoms with Gasteiger partial charge in [0.25, 0.3) is 0 Å². The van der Waals surface area contributed by atoms with E-state index in [1.165, 1.54) is 19.3 Å². The Balaban J connectivity index is 2.23. The molecular formula is C29H51N3O4. The van der Waals surface area contributed by atoms with Gasteiger partial charge in [0.15, 0.2) is 0 Å². The number of nitrogens with zero attached hydrogens (tertiary/aromatic N) is 2. The SMILES string of the molecule is CCOC(=O)C(C)=C[C@H](C(C)C)N(C)C(=O)[C@@H](NC(=O)C1CCCCN1C1CCCCC1)C(C)(C)C. The second-order valence-corrected chi connectivity index (χ2v) is 12.1. The Morgan fingerprint density at radius 2 is 1.67 bits per heavy atom. The minimum atomic E-state index is -0.664. The van der Waals surface area contributed by atoms with Crippen molar-refractivity contribution in [2.24, 2.45) is 11.3 Å². The minimum Gasteiger partial charge on any atom is -0.463 e. The zero-order valence-electron chi connectivity index (χ0n) is 24.1. The number of ether oxygens (including phenoxy) is 1. The molecule has 0 bridgehead atoms. The van der Waals surface area contributed by atoms with E-state index in [0.29, 0.717) is 18.2 Å². The monoisotopic (exact) mass is 505 g/mol. The third-order valence-corrected chi connectivity index (χ3v) is 7.79. The fourth-order valence-corrected chi connectivity index (χ4v) is 5.64. The Hall–Kier alpha value is -1.89. The molecule has 1 heterocycles. The Kier molecular flexibility index (Phi) is 11.5. The molecule has 1 saturated carbocycles. The molecule has 0 radical (unpaired) electrons. The lowest BCUT2D eigenvalue weighted by molar-refractivity contribution is -0.142. The zero-order chi connectivity index (χ0) is 27.0. The van der Waals surface area contributed by atoms with Crippen LogP contribution in [0.1, 0.15) is 99.8 Å². The number of hydrogen-bond donors (Lipinski definition) is 1. The third kappa shape index (κ3) is 8.06. The van der Waals surface area contributed by atoms with Gasteiger partial charge in [-0.1, -0.05) is 66.4 Å². The van der Waals surface area contributed by atoms with Crippen LogP contribution >= 0.6 is 0 Å². The van der Waals surface area contributed by atoms with Crippen molar-refractivity contribution in [3.8, 4) is 0 Å². The van der Waals surface area contributed by atoms with Crippen LogP contribution in [-0.2, 0) is 19.1 Å². The first-order valence-corrected chi connectivity index (χ1v) is 14.1. The van der Waals surface area contributed by atoms with Gasteiger partial charge in [0.05, 0.1) is 18.7 Å². The highest BCUT2D eigenvalue weighted by Gasteiger charge is 2.40. The van der Waals surface area contributed by atoms with Crippen LogP contribution in [0.3, 0.4) is 0 Å². The summed E-state index contributed by atoms with van der Waals surface area (Å²) in [6.07, 6.45) is 10.9. The Morgan fingerprint density at radius 1 is 1.06 bits per heavy atom. The molecule has 7 heteroatoms. The van der Waals surface area contributed by atoms with Crippen molar-refractivity contribution in [1.29, 1.82) is 0 Å². The quantitative estimate of drug-likeness (QED) is 0.363. The van der Waals surface area contributed by atoms with Crippen LogP contribution in [0.4, 0.5) is 0 Å². The van der Waals surface area contributed by atoms with Crippen molar-refractivity contribution < 1.29 is 19.1 Å². The summed E-state index contributed by atoms with van der Waals surface area (Å²) in [5.74, 6) is -0.451. The molecule has 7 nitrogen and oxygen atoms in total. The lowest BCUT2D eigenvalue weighted by atomic mass is 9.84. The smallest absolute Gasteiger partial charge is 0.333 e. The summed E-state index contributed by atoms with van der Waals surface area (Å²) >= 11 is 0. The molecule has 0 aromatic heterocycles. The Bertz CT molecular complexity index is 780. The topological polar surface area (TPSA) is 79.0 Å². The van der Waals surface area contributed by atoms with E-state index >= 15 is 0 Å². The van der Waals surface area contributed by atoms with Gasteiger partial charge in [0.1, 0.15) is 6.04 Å². The zero-order valence-corrected chi connectivity index (χ0v) is 24.1. The second kappa shape index (κ2) is 13.6. The Morgan fingerprint density at radius 3 is 2.22 bits per heavy atom. The van der Waals surface area contributed by atoms with Gasteiger partial charge in [-0.3, -0.25) is 14.5 Å². The fourth-order valence-electron chi connectivity index (χ4n) is 5.64. The summed E-state index contributed by atoms with van der Waals surface area (Å²) in [6, 6.07) is -0.654. The van der Waals surface area contributed by atoms with E-state index in [0.717, 1.165) is 38.6 Å². The number of carbonyl (C=O) groups excluding carboxylic acids is 3. The van der Waals surface area contributed by atoms with Gasteiger partial charge in [0, 0.05) is 18.7 Å². The van der Waals surface area contributed by atoms with Crippen LogP contribution in [0.2, 0.25) is 0 Å². The molecule has 2 amide bonds. The van der Waals surface area contributed by atoms with E-state index in [1.54, 1.807) is 25.8 Å². The highest BCUT2D eigenvalue weighted by molar-refractivity contribution is 5.91.